The predicted octanol–water partition coefficient (Wildman–Crippen LogP) is -2.28. The van der Waals surface area contributed by atoms with Gasteiger partial charge in [0.05, 0.1) is 49.4 Å². The van der Waals surface area contributed by atoms with E-state index in [0.29, 0.717) is 58.5 Å². The highest BCUT2D eigenvalue weighted by molar-refractivity contribution is 7.99. The van der Waals surface area contributed by atoms with Crippen molar-refractivity contribution in [3.8, 4) is 5.75 Å². The number of carbonyl (C=O) groups is 15. The second kappa shape index (κ2) is 37.7. The summed E-state index contributed by atoms with van der Waals surface area (Å²) in [7, 11) is 1.44. The number of unbranched alkanes of at least 4 members (excludes halogenated alkanes) is 2. The number of aromatic amines is 1. The number of aromatic nitrogens is 1. The van der Waals surface area contributed by atoms with Crippen LogP contribution in [0.15, 0.2) is 59.6 Å². The van der Waals surface area contributed by atoms with E-state index in [4.69, 9.17) is 10.5 Å². The number of nitrogens with zero attached hydrogens (tertiary/aromatic N) is 2. The van der Waals surface area contributed by atoms with Crippen LogP contribution in [0.5, 0.6) is 5.75 Å². The number of rotatable bonds is 25. The lowest BCUT2D eigenvalue weighted by atomic mass is 9.94. The van der Waals surface area contributed by atoms with Crippen LogP contribution in [0, 0.1) is 17.8 Å². The molecule has 103 heavy (non-hydrogen) atoms. The molecule has 3 aromatic rings. The van der Waals surface area contributed by atoms with E-state index in [2.05, 4.69) is 68.8 Å². The van der Waals surface area contributed by atoms with Crippen LogP contribution < -0.4 is 74.3 Å². The van der Waals surface area contributed by atoms with Gasteiger partial charge in [0.25, 0.3) is 11.8 Å². The molecule has 16 amide bonds. The van der Waals surface area contributed by atoms with E-state index in [-0.39, 0.29) is 56.8 Å². The summed E-state index contributed by atoms with van der Waals surface area (Å²) >= 11 is 0.979. The van der Waals surface area contributed by atoms with Gasteiger partial charge < -0.3 is 94.4 Å². The molecule has 560 valence electrons. The Morgan fingerprint density at radius 3 is 2.08 bits per heavy atom. The first-order valence-corrected chi connectivity index (χ1v) is 35.3. The molecule has 1 saturated heterocycles. The van der Waals surface area contributed by atoms with Crippen molar-refractivity contribution in [2.75, 3.05) is 50.9 Å². The lowest BCUT2D eigenvalue weighted by Gasteiger charge is -2.32. The Kier molecular flexibility index (Phi) is 29.3. The number of H-pyrrole nitrogens is 1. The first-order chi connectivity index (χ1) is 48.9. The van der Waals surface area contributed by atoms with Gasteiger partial charge in [0, 0.05) is 86.4 Å². The van der Waals surface area contributed by atoms with Gasteiger partial charge >= 0.3 is 6.03 Å². The van der Waals surface area contributed by atoms with Crippen molar-refractivity contribution >= 4 is 117 Å². The number of methoxy groups -OCH3 is 1. The van der Waals surface area contributed by atoms with Crippen LogP contribution >= 0.6 is 11.8 Å². The normalized spacial score (nSPS) is 22.5. The van der Waals surface area contributed by atoms with Crippen molar-refractivity contribution in [1.82, 2.24) is 73.3 Å². The summed E-state index contributed by atoms with van der Waals surface area (Å²) in [6.45, 7) is 7.78. The Hall–Kier alpha value is -10.2. The molecule has 34 nitrogen and oxygen atoms in total. The largest absolute Gasteiger partial charge is 0.497 e. The smallest absolute Gasteiger partial charge is 0.312 e. The molecule has 0 saturated carbocycles. The fourth-order valence-corrected chi connectivity index (χ4v) is 13.1. The average molecular weight is 1460 g/mol. The quantitative estimate of drug-likeness (QED) is 0.0314. The second-order valence-corrected chi connectivity index (χ2v) is 27.4. The number of aliphatic hydroxyl groups excluding tert-OH is 2. The summed E-state index contributed by atoms with van der Waals surface area (Å²) in [5, 5.41) is 54.5. The monoisotopic (exact) mass is 1450 g/mol. The molecular formula is C68H94N16O18S. The van der Waals surface area contributed by atoms with Gasteiger partial charge in [0.15, 0.2) is 0 Å². The number of fused-ring (bicyclic) bond motifs is 5. The molecule has 35 heteroatoms. The van der Waals surface area contributed by atoms with Crippen molar-refractivity contribution < 1.29 is 86.9 Å². The van der Waals surface area contributed by atoms with E-state index >= 15 is 9.59 Å². The molecule has 2 unspecified atom stereocenters. The summed E-state index contributed by atoms with van der Waals surface area (Å²) < 4.78 is 5.50. The molecule has 4 aliphatic heterocycles. The summed E-state index contributed by atoms with van der Waals surface area (Å²) in [4.78, 5) is 211. The molecule has 0 radical (unpaired) electrons. The number of hydrogen-bond donors (Lipinski definition) is 16. The van der Waals surface area contributed by atoms with Crippen molar-refractivity contribution in [3.05, 3.63) is 65.7 Å². The van der Waals surface area contributed by atoms with Crippen molar-refractivity contribution in [1.29, 1.82) is 0 Å². The highest BCUT2D eigenvalue weighted by Crippen LogP contribution is 2.34. The Labute approximate surface area is 598 Å². The zero-order valence-electron chi connectivity index (χ0n) is 58.5. The molecule has 4 aliphatic rings. The lowest BCUT2D eigenvalue weighted by Crippen LogP contribution is -2.61. The number of anilines is 1. The van der Waals surface area contributed by atoms with Gasteiger partial charge in [-0.2, -0.15) is 0 Å². The third kappa shape index (κ3) is 22.7. The number of carbonyl (C=O) groups excluding carboxylic acids is 15. The van der Waals surface area contributed by atoms with Gasteiger partial charge in [-0.25, -0.2) is 4.79 Å². The number of thioether (sulfide) groups is 1. The molecular weight excluding hydrogens is 1360 g/mol. The standard InChI is InChI=1S/C68H94N16O18S/c1-8-35(4)57-63(97)73-30-52(89)75-48-33-103-66-43(42-20-19-41(102-7)26-45(42)79-66)27-46(59(93)72-31-53(90)81-57)77-65(99)58(36(5)37(6)85)82-62(96)49-25-40(86)32-84(49)67(100)47(78-61(48)95)28-51(88)71-29-38-15-17-39(18-16-38)74-60(94)44(13-12-23-70-68(69)101)76-64(98)56(34(2)3)80-50(87)14-10-9-11-24-83-54(91)21-22-55(83)92/h15-22,26,34-37,40,44,46-49,56-58,79,85-86H,8-14,23-25,27-33H2,1-7H3,(H,71,88)(H,72,93)(H,73,97)(H,74,94)(H,75,89)(H,76,98)(H,77,99)(H,78,95)(H,80,87)(H,81,90)(H,82,96)(H3,69,70,101)/t35-,36-,37-,40+,44-,46-,47?,48+,49?,56-,57-,58-/m0/s1. The third-order valence-electron chi connectivity index (χ3n) is 18.3. The maximum absolute atomic E-state index is 15.1. The number of hydrogen-bond acceptors (Lipinski definition) is 19. The molecule has 0 aliphatic carbocycles. The van der Waals surface area contributed by atoms with Gasteiger partial charge in [-0.05, 0) is 79.8 Å². The number of nitrogens with one attached hydrogen (secondary N) is 13. The maximum atomic E-state index is 15.1. The highest BCUT2D eigenvalue weighted by Gasteiger charge is 2.45. The number of benzene rings is 2. The van der Waals surface area contributed by atoms with Crippen LogP contribution in [0.3, 0.4) is 0 Å². The van der Waals surface area contributed by atoms with Crippen LogP contribution in [0.1, 0.15) is 110 Å². The van der Waals surface area contributed by atoms with E-state index in [0.717, 1.165) is 21.6 Å². The number of nitrogens with two attached hydrogens (primary N) is 1. The molecule has 2 bridgehead atoms. The van der Waals surface area contributed by atoms with Crippen molar-refractivity contribution in [3.63, 3.8) is 0 Å². The maximum Gasteiger partial charge on any atom is 0.312 e. The summed E-state index contributed by atoms with van der Waals surface area (Å²) in [5.41, 5.74) is 6.80. The number of urea groups is 1. The molecule has 0 spiro atoms. The zero-order chi connectivity index (χ0) is 75.4. The average Bonchev–Trinajstić information content (AvgIpc) is 1.67. The van der Waals surface area contributed by atoms with Crippen molar-refractivity contribution in [2.24, 2.45) is 23.5 Å². The fraction of sp³-hybridized carbons (Fsp3) is 0.544. The van der Waals surface area contributed by atoms with Crippen LogP contribution in [0.25, 0.3) is 10.9 Å². The first kappa shape index (κ1) is 80.2. The van der Waals surface area contributed by atoms with Crippen LogP contribution in [-0.2, 0) is 80.1 Å². The minimum atomic E-state index is -1.85. The number of aliphatic hydroxyl groups is 2. The second-order valence-electron chi connectivity index (χ2n) is 26.4. The minimum Gasteiger partial charge on any atom is -0.497 e. The number of ether oxygens (including phenoxy) is 1. The predicted molar refractivity (Wildman–Crippen MR) is 373 cm³/mol. The Morgan fingerprint density at radius 1 is 0.728 bits per heavy atom. The lowest BCUT2D eigenvalue weighted by molar-refractivity contribution is -0.144. The van der Waals surface area contributed by atoms with Gasteiger partial charge in [-0.3, -0.25) is 72.0 Å². The third-order valence-corrected chi connectivity index (χ3v) is 19.5. The van der Waals surface area contributed by atoms with E-state index in [1.165, 1.54) is 45.2 Å². The summed E-state index contributed by atoms with van der Waals surface area (Å²) in [6, 6.07) is -1.46. The van der Waals surface area contributed by atoms with Crippen molar-refractivity contribution in [2.45, 2.75) is 178 Å². The Balaban J connectivity index is 1.14. The zero-order valence-corrected chi connectivity index (χ0v) is 59.3. The highest BCUT2D eigenvalue weighted by atomic mass is 32.2. The first-order valence-electron chi connectivity index (χ1n) is 34.3. The van der Waals surface area contributed by atoms with E-state index < -0.39 is 200 Å². The molecule has 1 aromatic heterocycles. The molecule has 12 atom stereocenters. The van der Waals surface area contributed by atoms with E-state index in [1.54, 1.807) is 58.0 Å². The van der Waals surface area contributed by atoms with Crippen LogP contribution in [0.4, 0.5) is 10.5 Å². The minimum absolute atomic E-state index is 0.0114. The molecule has 5 heterocycles. The number of amides is 16. The number of primary amides is 1. The van der Waals surface area contributed by atoms with Gasteiger partial charge in [-0.15, -0.1) is 11.8 Å². The van der Waals surface area contributed by atoms with E-state index in [1.807, 2.05) is 0 Å². The van der Waals surface area contributed by atoms with Gasteiger partial charge in [0.1, 0.15) is 54.1 Å². The molecule has 7 rings (SSSR count). The Morgan fingerprint density at radius 2 is 1.42 bits per heavy atom. The van der Waals surface area contributed by atoms with Crippen LogP contribution in [-0.4, -0.2) is 220 Å². The van der Waals surface area contributed by atoms with E-state index in [9.17, 15) is 72.5 Å². The molecule has 1 fully saturated rings. The fourth-order valence-electron chi connectivity index (χ4n) is 12.0. The Bertz CT molecular complexity index is 3680. The SMILES string of the molecule is CC[C@H](C)[C@@H]1NC(=O)CNC(=O)[C@@H]2Cc3c([nH]c4cc(OC)ccc34)SC[C@@H](NC(=O)CNC1=O)C(=O)NC(CC(=O)NCc1ccc(NC(=O)[C@H](CCCNC(N)=O)NC(=O)[C@@H](NC(=O)CCCCCN3C(=O)C=CC3=O)C(C)C)cc1)C(=O)N1C[C@H](O)CC1C(=O)N[C@@H]([C@@H](C)[C@H](C)O)C(=O)N2. The van der Waals surface area contributed by atoms with Gasteiger partial charge in [-0.1, -0.05) is 59.6 Å². The van der Waals surface area contributed by atoms with Crippen LogP contribution in [0.2, 0.25) is 0 Å². The van der Waals surface area contributed by atoms with Gasteiger partial charge in [0.2, 0.25) is 70.9 Å². The summed E-state index contributed by atoms with van der Waals surface area (Å²) in [6.07, 6.45) is 0.184. The topological polar surface area (TPSA) is 498 Å². The summed E-state index contributed by atoms with van der Waals surface area (Å²) in [5.74, 6) is -12.8. The molecule has 2 aromatic carbocycles. The molecule has 17 N–H and O–H groups in total. The number of imide groups is 1.